The number of thiazole rings is 1. The molecule has 7 nitrogen and oxygen atoms in total. The van der Waals surface area contributed by atoms with Crippen molar-refractivity contribution in [3.05, 3.63) is 16.1 Å². The number of imide groups is 1. The zero-order chi connectivity index (χ0) is 16.6. The van der Waals surface area contributed by atoms with Gasteiger partial charge in [0.05, 0.1) is 12.3 Å². The molecule has 1 spiro atoms. The monoisotopic (exact) mass is 338 g/mol. The highest BCUT2D eigenvalue weighted by molar-refractivity contribution is 7.09. The van der Waals surface area contributed by atoms with Crippen LogP contribution in [0.25, 0.3) is 0 Å². The van der Waals surface area contributed by atoms with Crippen molar-refractivity contribution in [2.75, 3.05) is 20.2 Å². The second kappa shape index (κ2) is 6.18. The average molecular weight is 338 g/mol. The summed E-state index contributed by atoms with van der Waals surface area (Å²) in [5.41, 5.74) is 0.226. The van der Waals surface area contributed by atoms with Crippen LogP contribution < -0.4 is 5.32 Å². The molecule has 1 N–H and O–H groups in total. The van der Waals surface area contributed by atoms with Crippen molar-refractivity contribution < 1.29 is 14.3 Å². The van der Waals surface area contributed by atoms with Crippen LogP contribution in [0.1, 0.15) is 31.0 Å². The molecule has 2 fully saturated rings. The molecule has 126 valence electrons. The molecule has 1 aromatic heterocycles. The summed E-state index contributed by atoms with van der Waals surface area (Å²) in [5, 5.41) is 5.88. The Hall–Kier alpha value is -1.51. The van der Waals surface area contributed by atoms with Crippen molar-refractivity contribution in [3.8, 4) is 0 Å². The van der Waals surface area contributed by atoms with E-state index in [1.165, 1.54) is 4.90 Å². The van der Waals surface area contributed by atoms with Gasteiger partial charge in [-0.25, -0.2) is 9.78 Å². The Morgan fingerprint density at radius 2 is 2.26 bits per heavy atom. The molecule has 23 heavy (non-hydrogen) atoms. The lowest BCUT2D eigenvalue weighted by molar-refractivity contribution is -0.132. The van der Waals surface area contributed by atoms with Crippen LogP contribution in [0.2, 0.25) is 0 Å². The highest BCUT2D eigenvalue weighted by atomic mass is 32.1. The SMILES string of the molecule is COCc1nc(CN2CC[C@]3(C2)NC(=O)N(C(C)C)C3=O)cs1. The van der Waals surface area contributed by atoms with Gasteiger partial charge in [0.25, 0.3) is 5.91 Å². The van der Waals surface area contributed by atoms with Gasteiger partial charge in [0, 0.05) is 38.2 Å². The Balaban J connectivity index is 1.66. The minimum Gasteiger partial charge on any atom is -0.378 e. The topological polar surface area (TPSA) is 74.8 Å². The second-order valence-corrected chi connectivity index (χ2v) is 7.35. The molecule has 2 aliphatic rings. The summed E-state index contributed by atoms with van der Waals surface area (Å²) in [6.07, 6.45) is 0.649. The van der Waals surface area contributed by atoms with Crippen molar-refractivity contribution in [2.24, 2.45) is 0 Å². The zero-order valence-electron chi connectivity index (χ0n) is 13.7. The molecule has 0 aromatic carbocycles. The van der Waals surface area contributed by atoms with Crippen LogP contribution in [-0.4, -0.2) is 58.5 Å². The van der Waals surface area contributed by atoms with E-state index < -0.39 is 5.54 Å². The van der Waals surface area contributed by atoms with Gasteiger partial charge in [-0.15, -0.1) is 11.3 Å². The second-order valence-electron chi connectivity index (χ2n) is 6.41. The summed E-state index contributed by atoms with van der Waals surface area (Å²) in [5.74, 6) is -0.0988. The lowest BCUT2D eigenvalue weighted by Crippen LogP contribution is -2.49. The predicted molar refractivity (Wildman–Crippen MR) is 86.0 cm³/mol. The Morgan fingerprint density at radius 1 is 1.48 bits per heavy atom. The van der Waals surface area contributed by atoms with E-state index in [0.29, 0.717) is 26.1 Å². The molecule has 0 radical (unpaired) electrons. The first-order chi connectivity index (χ1) is 10.9. The highest BCUT2D eigenvalue weighted by Crippen LogP contribution is 2.30. The van der Waals surface area contributed by atoms with Crippen LogP contribution in [0.5, 0.6) is 0 Å². The molecule has 1 aromatic rings. The number of hydrogen-bond donors (Lipinski definition) is 1. The molecule has 0 unspecified atom stereocenters. The molecule has 2 aliphatic heterocycles. The van der Waals surface area contributed by atoms with Gasteiger partial charge in [-0.2, -0.15) is 0 Å². The number of urea groups is 1. The number of amides is 3. The van der Waals surface area contributed by atoms with Crippen LogP contribution in [0.15, 0.2) is 5.38 Å². The van der Waals surface area contributed by atoms with Crippen molar-refractivity contribution in [1.82, 2.24) is 20.1 Å². The fourth-order valence-corrected chi connectivity index (χ4v) is 4.01. The molecule has 2 saturated heterocycles. The lowest BCUT2D eigenvalue weighted by atomic mass is 9.98. The molecule has 0 saturated carbocycles. The Bertz CT molecular complexity index is 618. The molecule has 3 rings (SSSR count). The normalized spacial score (nSPS) is 25.1. The summed E-state index contributed by atoms with van der Waals surface area (Å²) in [7, 11) is 1.65. The van der Waals surface area contributed by atoms with Crippen LogP contribution in [-0.2, 0) is 22.7 Å². The van der Waals surface area contributed by atoms with Gasteiger partial charge in [0.2, 0.25) is 0 Å². The first-order valence-electron chi connectivity index (χ1n) is 7.75. The summed E-state index contributed by atoms with van der Waals surface area (Å²) in [6.45, 7) is 6.23. The van der Waals surface area contributed by atoms with Gasteiger partial charge in [-0.3, -0.25) is 14.6 Å². The van der Waals surface area contributed by atoms with Crippen molar-refractivity contribution in [3.63, 3.8) is 0 Å². The van der Waals surface area contributed by atoms with Crippen LogP contribution in [0.4, 0.5) is 4.79 Å². The molecule has 1 atom stereocenters. The Morgan fingerprint density at radius 3 is 2.91 bits per heavy atom. The molecule has 3 amide bonds. The largest absolute Gasteiger partial charge is 0.378 e. The third-order valence-corrected chi connectivity index (χ3v) is 5.18. The zero-order valence-corrected chi connectivity index (χ0v) is 14.5. The maximum atomic E-state index is 12.7. The molecule has 3 heterocycles. The summed E-state index contributed by atoms with van der Waals surface area (Å²) in [6, 6.07) is -0.394. The number of nitrogens with one attached hydrogen (secondary N) is 1. The van der Waals surface area contributed by atoms with Crippen molar-refractivity contribution >= 4 is 23.3 Å². The quantitative estimate of drug-likeness (QED) is 0.817. The fraction of sp³-hybridized carbons (Fsp3) is 0.667. The fourth-order valence-electron chi connectivity index (χ4n) is 3.25. The predicted octanol–water partition coefficient (Wildman–Crippen LogP) is 1.19. The standard InChI is InChI=1S/C15H22N4O3S/c1-10(2)19-13(20)15(17-14(19)21)4-5-18(9-15)6-11-8-23-12(16-11)7-22-3/h8,10H,4-7,9H2,1-3H3,(H,17,21)/t15-/m1/s1. The molecule has 0 aliphatic carbocycles. The first kappa shape index (κ1) is 16.4. The molecule has 0 bridgehead atoms. The number of ether oxygens (including phenoxy) is 1. The van der Waals surface area contributed by atoms with E-state index in [1.54, 1.807) is 18.4 Å². The number of likely N-dealkylation sites (tertiary alicyclic amines) is 1. The summed E-state index contributed by atoms with van der Waals surface area (Å²) >= 11 is 1.58. The van der Waals surface area contributed by atoms with Crippen molar-refractivity contribution in [1.29, 1.82) is 0 Å². The van der Waals surface area contributed by atoms with Gasteiger partial charge in [0.15, 0.2) is 0 Å². The number of methoxy groups -OCH3 is 1. The van der Waals surface area contributed by atoms with Crippen LogP contribution in [0, 0.1) is 0 Å². The minimum atomic E-state index is -0.757. The van der Waals surface area contributed by atoms with E-state index >= 15 is 0 Å². The summed E-state index contributed by atoms with van der Waals surface area (Å²) < 4.78 is 5.08. The molecular formula is C15H22N4O3S. The lowest BCUT2D eigenvalue weighted by Gasteiger charge is -2.23. The number of rotatable bonds is 5. The number of carbonyl (C=O) groups is 2. The van der Waals surface area contributed by atoms with Gasteiger partial charge < -0.3 is 10.1 Å². The van der Waals surface area contributed by atoms with Gasteiger partial charge >= 0.3 is 6.03 Å². The van der Waals surface area contributed by atoms with E-state index in [1.807, 2.05) is 19.2 Å². The highest BCUT2D eigenvalue weighted by Gasteiger charge is 2.55. The van der Waals surface area contributed by atoms with E-state index in [9.17, 15) is 9.59 Å². The number of aromatic nitrogens is 1. The first-order valence-corrected chi connectivity index (χ1v) is 8.63. The number of carbonyl (C=O) groups excluding carboxylic acids is 2. The third-order valence-electron chi connectivity index (χ3n) is 4.31. The smallest absolute Gasteiger partial charge is 0.325 e. The van der Waals surface area contributed by atoms with Gasteiger partial charge in [-0.05, 0) is 20.3 Å². The third kappa shape index (κ3) is 2.98. The Labute approximate surface area is 139 Å². The molecular weight excluding hydrogens is 316 g/mol. The van der Waals surface area contributed by atoms with Gasteiger partial charge in [0.1, 0.15) is 10.5 Å². The molecule has 8 heteroatoms. The van der Waals surface area contributed by atoms with Crippen LogP contribution in [0.3, 0.4) is 0 Å². The van der Waals surface area contributed by atoms with Gasteiger partial charge in [-0.1, -0.05) is 0 Å². The van der Waals surface area contributed by atoms with Crippen molar-refractivity contribution in [2.45, 2.75) is 45.0 Å². The Kier molecular flexibility index (Phi) is 4.39. The number of nitrogens with zero attached hydrogens (tertiary/aromatic N) is 3. The average Bonchev–Trinajstić information content (AvgIpc) is 3.13. The maximum absolute atomic E-state index is 12.7. The van der Waals surface area contributed by atoms with E-state index in [2.05, 4.69) is 15.2 Å². The maximum Gasteiger partial charge on any atom is 0.325 e. The van der Waals surface area contributed by atoms with E-state index in [-0.39, 0.29) is 18.0 Å². The minimum absolute atomic E-state index is 0.0988. The van der Waals surface area contributed by atoms with Crippen LogP contribution >= 0.6 is 11.3 Å². The van der Waals surface area contributed by atoms with E-state index in [0.717, 1.165) is 17.2 Å². The summed E-state index contributed by atoms with van der Waals surface area (Å²) in [4.78, 5) is 32.8. The number of hydrogen-bond acceptors (Lipinski definition) is 6. The van der Waals surface area contributed by atoms with E-state index in [4.69, 9.17) is 4.74 Å².